The summed E-state index contributed by atoms with van der Waals surface area (Å²) in [6.45, 7) is 1.73. The molecular formula is C17H20BrFN2O4. The molecule has 136 valence electrons. The van der Waals surface area contributed by atoms with Crippen LogP contribution in [-0.2, 0) is 19.1 Å². The standard InChI is InChI=1S/C17H20BrFN2O4/c1-11(17(24)20-14-7-6-12(18)9-13(14)19)25-16(23)10-21-8-4-2-3-5-15(21)22/h6-7,9,11H,2-5,8,10H2,1H3,(H,20,24)/t11-/m0/s1. The van der Waals surface area contributed by atoms with E-state index in [1.807, 2.05) is 0 Å². The molecular weight excluding hydrogens is 395 g/mol. The highest BCUT2D eigenvalue weighted by Crippen LogP contribution is 2.19. The largest absolute Gasteiger partial charge is 0.451 e. The van der Waals surface area contributed by atoms with E-state index in [9.17, 15) is 18.8 Å². The molecule has 0 bridgehead atoms. The third-order valence-electron chi connectivity index (χ3n) is 3.86. The summed E-state index contributed by atoms with van der Waals surface area (Å²) in [6.07, 6.45) is 1.94. The van der Waals surface area contributed by atoms with Crippen LogP contribution in [-0.4, -0.2) is 41.9 Å². The molecule has 1 fully saturated rings. The zero-order valence-electron chi connectivity index (χ0n) is 13.9. The van der Waals surface area contributed by atoms with Gasteiger partial charge in [-0.15, -0.1) is 0 Å². The summed E-state index contributed by atoms with van der Waals surface area (Å²) >= 11 is 3.13. The Labute approximate surface area is 153 Å². The van der Waals surface area contributed by atoms with Crippen molar-refractivity contribution in [3.63, 3.8) is 0 Å². The van der Waals surface area contributed by atoms with Gasteiger partial charge in [0.2, 0.25) is 5.91 Å². The summed E-state index contributed by atoms with van der Waals surface area (Å²) in [5.41, 5.74) is -0.00112. The fraction of sp³-hybridized carbons (Fsp3) is 0.471. The molecule has 0 aromatic heterocycles. The van der Waals surface area contributed by atoms with Crippen LogP contribution < -0.4 is 5.32 Å². The average Bonchev–Trinajstić information content (AvgIpc) is 2.74. The van der Waals surface area contributed by atoms with Crippen molar-refractivity contribution in [2.24, 2.45) is 0 Å². The van der Waals surface area contributed by atoms with E-state index in [1.54, 1.807) is 6.07 Å². The first kappa shape index (κ1) is 19.4. The number of halogens is 2. The molecule has 0 saturated carbocycles. The van der Waals surface area contributed by atoms with Crippen molar-refractivity contribution in [2.45, 2.75) is 38.7 Å². The van der Waals surface area contributed by atoms with E-state index in [0.29, 0.717) is 17.4 Å². The van der Waals surface area contributed by atoms with Crippen molar-refractivity contribution in [1.29, 1.82) is 0 Å². The second kappa shape index (κ2) is 8.94. The maximum Gasteiger partial charge on any atom is 0.326 e. The Hall–Kier alpha value is -1.96. The molecule has 8 heteroatoms. The van der Waals surface area contributed by atoms with Gasteiger partial charge in [0.1, 0.15) is 12.4 Å². The van der Waals surface area contributed by atoms with E-state index >= 15 is 0 Å². The number of anilines is 1. The third kappa shape index (κ3) is 5.81. The maximum absolute atomic E-state index is 13.7. The summed E-state index contributed by atoms with van der Waals surface area (Å²) in [5.74, 6) is -1.98. The SMILES string of the molecule is C[C@H](OC(=O)CN1CCCCCC1=O)C(=O)Nc1ccc(Br)cc1F. The Morgan fingerprint density at radius 3 is 2.84 bits per heavy atom. The lowest BCUT2D eigenvalue weighted by molar-refractivity contribution is -0.156. The van der Waals surface area contributed by atoms with Gasteiger partial charge in [0.25, 0.3) is 5.91 Å². The molecule has 0 aliphatic carbocycles. The minimum absolute atomic E-state index is 0.00112. The van der Waals surface area contributed by atoms with Gasteiger partial charge in [0.15, 0.2) is 6.10 Å². The van der Waals surface area contributed by atoms with Gasteiger partial charge in [-0.1, -0.05) is 22.4 Å². The number of carbonyl (C=O) groups excluding carboxylic acids is 3. The second-order valence-electron chi connectivity index (χ2n) is 5.87. The number of nitrogens with one attached hydrogen (secondary N) is 1. The molecule has 25 heavy (non-hydrogen) atoms. The lowest BCUT2D eigenvalue weighted by Gasteiger charge is -2.20. The van der Waals surface area contributed by atoms with Crippen LogP contribution in [0.4, 0.5) is 10.1 Å². The summed E-state index contributed by atoms with van der Waals surface area (Å²) in [7, 11) is 0. The van der Waals surface area contributed by atoms with E-state index in [4.69, 9.17) is 4.74 Å². The van der Waals surface area contributed by atoms with Crippen LogP contribution in [0.3, 0.4) is 0 Å². The van der Waals surface area contributed by atoms with Crippen LogP contribution in [0.2, 0.25) is 0 Å². The number of amides is 2. The molecule has 1 aromatic carbocycles. The van der Waals surface area contributed by atoms with Crippen LogP contribution in [0.1, 0.15) is 32.6 Å². The van der Waals surface area contributed by atoms with E-state index in [0.717, 1.165) is 19.3 Å². The zero-order chi connectivity index (χ0) is 18.4. The molecule has 0 unspecified atom stereocenters. The Balaban J connectivity index is 1.87. The van der Waals surface area contributed by atoms with Gasteiger partial charge < -0.3 is 15.0 Å². The maximum atomic E-state index is 13.7. The molecule has 1 N–H and O–H groups in total. The first-order valence-corrected chi connectivity index (χ1v) is 8.89. The first-order chi connectivity index (χ1) is 11.9. The normalized spacial score (nSPS) is 16.1. The summed E-state index contributed by atoms with van der Waals surface area (Å²) in [5, 5.41) is 2.37. The number of esters is 1. The molecule has 0 spiro atoms. The number of hydrogen-bond acceptors (Lipinski definition) is 4. The van der Waals surface area contributed by atoms with Crippen molar-refractivity contribution in [2.75, 3.05) is 18.4 Å². The highest BCUT2D eigenvalue weighted by atomic mass is 79.9. The molecule has 1 heterocycles. The molecule has 0 radical (unpaired) electrons. The highest BCUT2D eigenvalue weighted by molar-refractivity contribution is 9.10. The monoisotopic (exact) mass is 414 g/mol. The summed E-state index contributed by atoms with van der Waals surface area (Å²) < 4.78 is 19.3. The summed E-state index contributed by atoms with van der Waals surface area (Å²) in [6, 6.07) is 4.21. The Bertz CT molecular complexity index is 668. The van der Waals surface area contributed by atoms with Crippen LogP contribution >= 0.6 is 15.9 Å². The molecule has 1 aliphatic heterocycles. The average molecular weight is 415 g/mol. The van der Waals surface area contributed by atoms with Crippen molar-refractivity contribution in [1.82, 2.24) is 4.90 Å². The fourth-order valence-corrected chi connectivity index (χ4v) is 2.81. The van der Waals surface area contributed by atoms with E-state index < -0.39 is 23.8 Å². The van der Waals surface area contributed by atoms with Crippen molar-refractivity contribution in [3.8, 4) is 0 Å². The zero-order valence-corrected chi connectivity index (χ0v) is 15.5. The topological polar surface area (TPSA) is 75.7 Å². The van der Waals surface area contributed by atoms with Crippen molar-refractivity contribution < 1.29 is 23.5 Å². The smallest absolute Gasteiger partial charge is 0.326 e. The van der Waals surface area contributed by atoms with E-state index in [-0.39, 0.29) is 18.1 Å². The molecule has 6 nitrogen and oxygen atoms in total. The van der Waals surface area contributed by atoms with Crippen LogP contribution in [0.15, 0.2) is 22.7 Å². The Morgan fingerprint density at radius 1 is 1.36 bits per heavy atom. The number of nitrogens with zero attached hydrogens (tertiary/aromatic N) is 1. The number of benzene rings is 1. The van der Waals surface area contributed by atoms with Crippen LogP contribution in [0.5, 0.6) is 0 Å². The lowest BCUT2D eigenvalue weighted by atomic mass is 10.2. The predicted molar refractivity (Wildman–Crippen MR) is 93.3 cm³/mol. The third-order valence-corrected chi connectivity index (χ3v) is 4.35. The van der Waals surface area contributed by atoms with E-state index in [1.165, 1.54) is 24.0 Å². The number of likely N-dealkylation sites (tertiary alicyclic amines) is 1. The van der Waals surface area contributed by atoms with E-state index in [2.05, 4.69) is 21.2 Å². The van der Waals surface area contributed by atoms with Crippen LogP contribution in [0, 0.1) is 5.82 Å². The number of hydrogen-bond donors (Lipinski definition) is 1. The predicted octanol–water partition coefficient (Wildman–Crippen LogP) is 2.86. The fourth-order valence-electron chi connectivity index (χ4n) is 2.47. The summed E-state index contributed by atoms with van der Waals surface area (Å²) in [4.78, 5) is 37.3. The molecule has 1 atom stereocenters. The molecule has 2 rings (SSSR count). The van der Waals surface area contributed by atoms with Gasteiger partial charge in [-0.05, 0) is 38.0 Å². The molecule has 1 aliphatic rings. The quantitative estimate of drug-likeness (QED) is 0.751. The number of carbonyl (C=O) groups is 3. The minimum atomic E-state index is -1.10. The minimum Gasteiger partial charge on any atom is -0.451 e. The second-order valence-corrected chi connectivity index (χ2v) is 6.79. The highest BCUT2D eigenvalue weighted by Gasteiger charge is 2.23. The van der Waals surface area contributed by atoms with Crippen LogP contribution in [0.25, 0.3) is 0 Å². The van der Waals surface area contributed by atoms with Gasteiger partial charge in [-0.25, -0.2) is 4.39 Å². The molecule has 2 amide bonds. The Kier molecular flexibility index (Phi) is 6.92. The molecule has 1 saturated heterocycles. The van der Waals surface area contributed by atoms with Gasteiger partial charge in [-0.2, -0.15) is 0 Å². The van der Waals surface area contributed by atoms with Gasteiger partial charge in [0, 0.05) is 17.4 Å². The first-order valence-electron chi connectivity index (χ1n) is 8.10. The van der Waals surface area contributed by atoms with Gasteiger partial charge >= 0.3 is 5.97 Å². The Morgan fingerprint density at radius 2 is 2.12 bits per heavy atom. The number of rotatable bonds is 5. The lowest BCUT2D eigenvalue weighted by Crippen LogP contribution is -2.38. The number of ether oxygens (including phenoxy) is 1. The molecule has 1 aromatic rings. The van der Waals surface area contributed by atoms with Gasteiger partial charge in [-0.3, -0.25) is 14.4 Å². The van der Waals surface area contributed by atoms with Gasteiger partial charge in [0.05, 0.1) is 5.69 Å². The van der Waals surface area contributed by atoms with Crippen molar-refractivity contribution in [3.05, 3.63) is 28.5 Å². The van der Waals surface area contributed by atoms with Crippen molar-refractivity contribution >= 4 is 39.4 Å².